The van der Waals surface area contributed by atoms with Gasteiger partial charge in [0, 0.05) is 12.1 Å². The third-order valence-corrected chi connectivity index (χ3v) is 5.58. The minimum atomic E-state index is -0.0833. The Balaban J connectivity index is 1.66. The molecule has 0 unspecified atom stereocenters. The van der Waals surface area contributed by atoms with Crippen LogP contribution in [0, 0.1) is 27.7 Å². The number of aryl methyl sites for hydroxylation is 4. The monoisotopic (exact) mass is 397 g/mol. The zero-order chi connectivity index (χ0) is 21.3. The predicted molar refractivity (Wildman–Crippen MR) is 122 cm³/mol. The van der Waals surface area contributed by atoms with Crippen molar-refractivity contribution in [3.05, 3.63) is 99.9 Å². The average Bonchev–Trinajstić information content (AvgIpc) is 3.06. The van der Waals surface area contributed by atoms with Crippen molar-refractivity contribution >= 4 is 16.9 Å². The van der Waals surface area contributed by atoms with Crippen LogP contribution in [0.1, 0.15) is 44.0 Å². The molecule has 1 amide bonds. The highest BCUT2D eigenvalue weighted by molar-refractivity contribution is 5.94. The van der Waals surface area contributed by atoms with Crippen LogP contribution >= 0.6 is 0 Å². The lowest BCUT2D eigenvalue weighted by atomic mass is 9.99. The second-order valence-corrected chi connectivity index (χ2v) is 8.03. The largest absolute Gasteiger partial charge is 0.345 e. The lowest BCUT2D eigenvalue weighted by Crippen LogP contribution is -2.25. The van der Waals surface area contributed by atoms with Crippen molar-refractivity contribution in [2.75, 3.05) is 0 Å². The summed E-state index contributed by atoms with van der Waals surface area (Å²) in [5, 5.41) is 3.05. The standard InChI is InChI=1S/C26H27N3O/c1-17-8-7-9-21(14-17)26(30)27-15-25-28-23-10-5-6-11-24(23)29(25)16-22-19(3)12-18(2)13-20(22)4/h5-14H,15-16H2,1-4H3,(H,27,30). The van der Waals surface area contributed by atoms with Gasteiger partial charge in [-0.25, -0.2) is 4.98 Å². The highest BCUT2D eigenvalue weighted by Gasteiger charge is 2.15. The molecule has 0 radical (unpaired) electrons. The number of nitrogens with one attached hydrogen (secondary N) is 1. The molecule has 1 aromatic heterocycles. The summed E-state index contributed by atoms with van der Waals surface area (Å²) in [5.41, 5.74) is 8.89. The first-order chi connectivity index (χ1) is 14.4. The van der Waals surface area contributed by atoms with Gasteiger partial charge in [0.15, 0.2) is 0 Å². The number of nitrogens with zero attached hydrogens (tertiary/aromatic N) is 2. The fourth-order valence-electron chi connectivity index (χ4n) is 4.10. The summed E-state index contributed by atoms with van der Waals surface area (Å²) < 4.78 is 2.22. The molecule has 4 heteroatoms. The van der Waals surface area contributed by atoms with Crippen LogP contribution in [-0.2, 0) is 13.1 Å². The van der Waals surface area contributed by atoms with Crippen LogP contribution < -0.4 is 5.32 Å². The van der Waals surface area contributed by atoms with Crippen LogP contribution in [0.15, 0.2) is 60.7 Å². The summed E-state index contributed by atoms with van der Waals surface area (Å²) in [7, 11) is 0. The second-order valence-electron chi connectivity index (χ2n) is 8.03. The van der Waals surface area contributed by atoms with E-state index in [-0.39, 0.29) is 5.91 Å². The molecule has 0 saturated heterocycles. The Bertz CT molecular complexity index is 1210. The Hall–Kier alpha value is -3.40. The summed E-state index contributed by atoms with van der Waals surface area (Å²) in [6.45, 7) is 9.55. The van der Waals surface area contributed by atoms with Crippen LogP contribution in [0.2, 0.25) is 0 Å². The fraction of sp³-hybridized carbons (Fsp3) is 0.231. The molecule has 0 atom stereocenters. The maximum atomic E-state index is 12.7. The fourth-order valence-corrected chi connectivity index (χ4v) is 4.10. The van der Waals surface area contributed by atoms with E-state index in [2.05, 4.69) is 48.9 Å². The molecule has 0 fully saturated rings. The summed E-state index contributed by atoms with van der Waals surface area (Å²) in [5.74, 6) is 0.775. The van der Waals surface area contributed by atoms with Gasteiger partial charge < -0.3 is 9.88 Å². The number of aromatic nitrogens is 2. The molecule has 0 aliphatic heterocycles. The summed E-state index contributed by atoms with van der Waals surface area (Å²) in [4.78, 5) is 17.5. The average molecular weight is 398 g/mol. The van der Waals surface area contributed by atoms with Gasteiger partial charge in [-0.15, -0.1) is 0 Å². The molecule has 4 nitrogen and oxygen atoms in total. The van der Waals surface area contributed by atoms with E-state index in [0.717, 1.165) is 29.0 Å². The first-order valence-corrected chi connectivity index (χ1v) is 10.3. The quantitative estimate of drug-likeness (QED) is 0.500. The Morgan fingerprint density at radius 1 is 0.900 bits per heavy atom. The van der Waals surface area contributed by atoms with Crippen molar-refractivity contribution in [3.63, 3.8) is 0 Å². The van der Waals surface area contributed by atoms with Crippen molar-refractivity contribution < 1.29 is 4.79 Å². The molecular weight excluding hydrogens is 370 g/mol. The maximum absolute atomic E-state index is 12.7. The van der Waals surface area contributed by atoms with Gasteiger partial charge in [0.25, 0.3) is 5.91 Å². The van der Waals surface area contributed by atoms with E-state index in [0.29, 0.717) is 12.1 Å². The highest BCUT2D eigenvalue weighted by atomic mass is 16.1. The van der Waals surface area contributed by atoms with Crippen molar-refractivity contribution in [2.24, 2.45) is 0 Å². The molecule has 3 aromatic carbocycles. The molecule has 1 N–H and O–H groups in total. The number of carbonyl (C=O) groups excluding carboxylic acids is 1. The number of hydrogen-bond acceptors (Lipinski definition) is 2. The van der Waals surface area contributed by atoms with E-state index in [9.17, 15) is 4.79 Å². The smallest absolute Gasteiger partial charge is 0.251 e. The Kier molecular flexibility index (Phi) is 5.40. The van der Waals surface area contributed by atoms with Gasteiger partial charge in [0.1, 0.15) is 5.82 Å². The van der Waals surface area contributed by atoms with Crippen LogP contribution in [0.3, 0.4) is 0 Å². The first-order valence-electron chi connectivity index (χ1n) is 10.3. The van der Waals surface area contributed by atoms with Gasteiger partial charge in [-0.3, -0.25) is 4.79 Å². The van der Waals surface area contributed by atoms with E-state index in [1.165, 1.54) is 22.3 Å². The summed E-state index contributed by atoms with van der Waals surface area (Å²) in [6.07, 6.45) is 0. The lowest BCUT2D eigenvalue weighted by molar-refractivity contribution is 0.0949. The Morgan fingerprint density at radius 3 is 2.37 bits per heavy atom. The molecule has 0 saturated carbocycles. The Labute approximate surface area is 177 Å². The van der Waals surface area contributed by atoms with Gasteiger partial charge in [-0.05, 0) is 68.7 Å². The second kappa shape index (κ2) is 8.15. The third-order valence-electron chi connectivity index (χ3n) is 5.58. The van der Waals surface area contributed by atoms with Crippen LogP contribution in [-0.4, -0.2) is 15.5 Å². The van der Waals surface area contributed by atoms with E-state index in [1.807, 2.05) is 49.4 Å². The van der Waals surface area contributed by atoms with Gasteiger partial charge in [0.2, 0.25) is 0 Å². The Morgan fingerprint density at radius 2 is 1.63 bits per heavy atom. The van der Waals surface area contributed by atoms with Gasteiger partial charge in [0.05, 0.1) is 17.6 Å². The number of carbonyl (C=O) groups is 1. The van der Waals surface area contributed by atoms with E-state index >= 15 is 0 Å². The normalized spacial score (nSPS) is 11.1. The topological polar surface area (TPSA) is 46.9 Å². The number of fused-ring (bicyclic) bond motifs is 1. The molecule has 0 aliphatic carbocycles. The number of para-hydroxylation sites is 2. The molecule has 4 rings (SSSR count). The number of imidazole rings is 1. The minimum absolute atomic E-state index is 0.0833. The third kappa shape index (κ3) is 3.99. The minimum Gasteiger partial charge on any atom is -0.345 e. The van der Waals surface area contributed by atoms with Crippen LogP contribution in [0.5, 0.6) is 0 Å². The number of benzene rings is 3. The molecule has 0 aliphatic rings. The summed E-state index contributed by atoms with van der Waals surface area (Å²) in [6, 6.07) is 20.2. The molecule has 0 bridgehead atoms. The van der Waals surface area contributed by atoms with Crippen LogP contribution in [0.4, 0.5) is 0 Å². The van der Waals surface area contributed by atoms with E-state index < -0.39 is 0 Å². The van der Waals surface area contributed by atoms with Crippen molar-refractivity contribution in [1.29, 1.82) is 0 Å². The van der Waals surface area contributed by atoms with Crippen molar-refractivity contribution in [1.82, 2.24) is 14.9 Å². The lowest BCUT2D eigenvalue weighted by Gasteiger charge is -2.15. The molecule has 152 valence electrons. The van der Waals surface area contributed by atoms with Crippen molar-refractivity contribution in [2.45, 2.75) is 40.8 Å². The molecular formula is C26H27N3O. The van der Waals surface area contributed by atoms with E-state index in [4.69, 9.17) is 4.98 Å². The zero-order valence-corrected chi connectivity index (χ0v) is 18.0. The SMILES string of the molecule is Cc1cccc(C(=O)NCc2nc3ccccc3n2Cc2c(C)cc(C)cc2C)c1. The first kappa shape index (κ1) is 19.9. The van der Waals surface area contributed by atoms with Gasteiger partial charge >= 0.3 is 0 Å². The van der Waals surface area contributed by atoms with Crippen molar-refractivity contribution in [3.8, 4) is 0 Å². The zero-order valence-electron chi connectivity index (χ0n) is 18.0. The molecule has 4 aromatic rings. The number of rotatable bonds is 5. The maximum Gasteiger partial charge on any atom is 0.251 e. The van der Waals surface area contributed by atoms with Gasteiger partial charge in [-0.2, -0.15) is 0 Å². The molecule has 0 spiro atoms. The number of amides is 1. The van der Waals surface area contributed by atoms with Crippen LogP contribution in [0.25, 0.3) is 11.0 Å². The highest BCUT2D eigenvalue weighted by Crippen LogP contribution is 2.22. The van der Waals surface area contributed by atoms with E-state index in [1.54, 1.807) is 0 Å². The number of hydrogen-bond donors (Lipinski definition) is 1. The predicted octanol–water partition coefficient (Wildman–Crippen LogP) is 5.25. The van der Waals surface area contributed by atoms with Gasteiger partial charge in [-0.1, -0.05) is 47.5 Å². The summed E-state index contributed by atoms with van der Waals surface area (Å²) >= 11 is 0. The molecule has 1 heterocycles. The molecule has 30 heavy (non-hydrogen) atoms.